The number of aliphatic carboxylic acids is 1. The van der Waals surface area contributed by atoms with Gasteiger partial charge in [-0.2, -0.15) is 0 Å². The third-order valence-corrected chi connectivity index (χ3v) is 5.18. The second-order valence-corrected chi connectivity index (χ2v) is 10.4. The van der Waals surface area contributed by atoms with Gasteiger partial charge in [-0.15, -0.1) is 0 Å². The van der Waals surface area contributed by atoms with Gasteiger partial charge in [0.15, 0.2) is 0 Å². The molecule has 0 radical (unpaired) electrons. The molecule has 2 N–H and O–H groups in total. The number of alkyl carbamates (subject to hydrolysis) is 1. The van der Waals surface area contributed by atoms with Gasteiger partial charge in [-0.3, -0.25) is 9.59 Å². The minimum absolute atomic E-state index is 0.00936. The maximum atomic E-state index is 11.5. The van der Waals surface area contributed by atoms with Crippen LogP contribution in [0.1, 0.15) is 33.6 Å². The lowest BCUT2D eigenvalue weighted by atomic mass is 10.2. The maximum Gasteiger partial charge on any atom is 0.407 e. The second-order valence-electron chi connectivity index (χ2n) is 10.4. The molecule has 0 bridgehead atoms. The Balaban J connectivity index is 3.17. The molecule has 0 saturated carbocycles. The summed E-state index contributed by atoms with van der Waals surface area (Å²) in [6.07, 6.45) is -1.13. The predicted octanol–water partition coefficient (Wildman–Crippen LogP) is 0.638. The summed E-state index contributed by atoms with van der Waals surface area (Å²) in [4.78, 5) is 44.1. The van der Waals surface area contributed by atoms with Crippen LogP contribution < -0.4 is 5.32 Å². The van der Waals surface area contributed by atoms with Crippen LogP contribution in [-0.4, -0.2) is 167 Å². The zero-order valence-corrected chi connectivity index (χ0v) is 28.1. The van der Waals surface area contributed by atoms with E-state index in [1.54, 1.807) is 20.8 Å². The summed E-state index contributed by atoms with van der Waals surface area (Å²) in [5, 5.41) is 11.1. The lowest BCUT2D eigenvalue weighted by Crippen LogP contribution is -2.34. The fourth-order valence-electron chi connectivity index (χ4n) is 3.01. The van der Waals surface area contributed by atoms with Gasteiger partial charge < -0.3 is 62.5 Å². The van der Waals surface area contributed by atoms with Crippen LogP contribution in [0.4, 0.5) is 4.79 Å². The Bertz CT molecular complexity index is 792. The highest BCUT2D eigenvalue weighted by atomic mass is 16.6. The highest BCUT2D eigenvalue weighted by molar-refractivity contribution is 6.32. The van der Waals surface area contributed by atoms with Gasteiger partial charge in [-0.05, 0) is 20.8 Å². The van der Waals surface area contributed by atoms with Gasteiger partial charge in [0.25, 0.3) is 0 Å². The van der Waals surface area contributed by atoms with E-state index in [2.05, 4.69) is 5.32 Å². The average molecular weight is 686 g/mol. The molecule has 0 rings (SSSR count). The molecule has 0 saturated heterocycles. The topological polar surface area (TPSA) is 202 Å². The molecule has 0 spiro atoms. The van der Waals surface area contributed by atoms with E-state index >= 15 is 0 Å². The van der Waals surface area contributed by atoms with Crippen LogP contribution in [0.5, 0.6) is 0 Å². The van der Waals surface area contributed by atoms with Gasteiger partial charge in [0.2, 0.25) is 5.78 Å². The Hall–Kier alpha value is -2.48. The number of ether oxygens (including phenoxy) is 11. The molecule has 0 unspecified atom stereocenters. The molecule has 0 heterocycles. The summed E-state index contributed by atoms with van der Waals surface area (Å²) >= 11 is 0. The number of Topliss-reactive ketones (excluding diaryl/α,β-unsaturated/α-hetero) is 1. The van der Waals surface area contributed by atoms with Crippen molar-refractivity contribution >= 4 is 23.8 Å². The number of rotatable bonds is 34. The van der Waals surface area contributed by atoms with E-state index in [1.165, 1.54) is 0 Å². The second kappa shape index (κ2) is 32.1. The van der Waals surface area contributed by atoms with Crippen molar-refractivity contribution in [3.8, 4) is 0 Å². The fraction of sp³-hybridized carbons (Fsp3) is 0.867. The summed E-state index contributed by atoms with van der Waals surface area (Å²) < 4.78 is 58.5. The normalized spacial score (nSPS) is 11.4. The SMILES string of the molecule is CC(C)(C)OC(=O)NCCOCCOCCOCCOCCOCCOCCOCCOCCOCCOC(=O)CCC(=O)C(=O)O. The first-order valence-corrected chi connectivity index (χ1v) is 15.7. The summed E-state index contributed by atoms with van der Waals surface area (Å²) in [7, 11) is 0. The molecule has 17 heteroatoms. The van der Waals surface area contributed by atoms with Crippen LogP contribution in [0.2, 0.25) is 0 Å². The van der Waals surface area contributed by atoms with Crippen molar-refractivity contribution in [2.75, 3.05) is 132 Å². The van der Waals surface area contributed by atoms with E-state index in [9.17, 15) is 19.2 Å². The lowest BCUT2D eigenvalue weighted by Gasteiger charge is -2.19. The Morgan fingerprint density at radius 2 is 0.809 bits per heavy atom. The van der Waals surface area contributed by atoms with Crippen LogP contribution in [0.3, 0.4) is 0 Å². The van der Waals surface area contributed by atoms with Crippen molar-refractivity contribution < 1.29 is 76.4 Å². The van der Waals surface area contributed by atoms with Crippen LogP contribution in [0.25, 0.3) is 0 Å². The first-order valence-electron chi connectivity index (χ1n) is 15.7. The molecule has 0 aliphatic rings. The first kappa shape index (κ1) is 44.5. The lowest BCUT2D eigenvalue weighted by molar-refractivity contribution is -0.151. The van der Waals surface area contributed by atoms with Crippen LogP contribution in [-0.2, 0) is 66.5 Å². The van der Waals surface area contributed by atoms with Gasteiger partial charge >= 0.3 is 18.0 Å². The van der Waals surface area contributed by atoms with Gasteiger partial charge in [0, 0.05) is 13.0 Å². The number of carboxylic acids is 1. The summed E-state index contributed by atoms with van der Waals surface area (Å²) in [6, 6.07) is 0. The van der Waals surface area contributed by atoms with E-state index in [0.717, 1.165) is 0 Å². The zero-order valence-electron chi connectivity index (χ0n) is 28.1. The molecule has 0 aliphatic carbocycles. The van der Waals surface area contributed by atoms with E-state index < -0.39 is 29.4 Å². The van der Waals surface area contributed by atoms with Crippen molar-refractivity contribution in [1.29, 1.82) is 0 Å². The zero-order chi connectivity index (χ0) is 34.9. The maximum absolute atomic E-state index is 11.5. The van der Waals surface area contributed by atoms with Crippen LogP contribution in [0.15, 0.2) is 0 Å². The third kappa shape index (κ3) is 36.2. The number of carbonyl (C=O) groups excluding carboxylic acids is 3. The van der Waals surface area contributed by atoms with E-state index in [1.807, 2.05) is 0 Å². The Labute approximate surface area is 277 Å². The monoisotopic (exact) mass is 685 g/mol. The molecule has 0 aromatic carbocycles. The molecule has 17 nitrogen and oxygen atoms in total. The number of nitrogens with one attached hydrogen (secondary N) is 1. The highest BCUT2D eigenvalue weighted by Crippen LogP contribution is 2.06. The molecule has 0 fully saturated rings. The minimum Gasteiger partial charge on any atom is -0.476 e. The number of hydrogen-bond acceptors (Lipinski definition) is 15. The first-order chi connectivity index (χ1) is 22.6. The van der Waals surface area contributed by atoms with Gasteiger partial charge in [-0.1, -0.05) is 0 Å². The van der Waals surface area contributed by atoms with E-state index in [4.69, 9.17) is 57.2 Å². The summed E-state index contributed by atoms with van der Waals surface area (Å²) in [5.41, 5.74) is -0.523. The Kier molecular flexibility index (Phi) is 30.4. The van der Waals surface area contributed by atoms with Crippen molar-refractivity contribution in [3.63, 3.8) is 0 Å². The quantitative estimate of drug-likeness (QED) is 0.0542. The standard InChI is InChI=1S/C30H55NO16/c1-30(2,3)47-29(36)31-6-7-37-8-9-38-10-11-39-12-13-40-14-15-41-16-17-42-18-19-43-20-21-44-22-23-45-24-25-46-27(33)5-4-26(32)28(34)35/h4-25H2,1-3H3,(H,31,36)(H,34,35). The molecule has 276 valence electrons. The molecule has 0 aliphatic heterocycles. The molecule has 0 aromatic rings. The number of carbonyl (C=O) groups is 4. The number of amides is 1. The predicted molar refractivity (Wildman–Crippen MR) is 164 cm³/mol. The average Bonchev–Trinajstić information content (AvgIpc) is 3.01. The fourth-order valence-corrected chi connectivity index (χ4v) is 3.01. The van der Waals surface area contributed by atoms with Gasteiger partial charge in [0.1, 0.15) is 12.2 Å². The molecule has 47 heavy (non-hydrogen) atoms. The molecule has 0 atom stereocenters. The van der Waals surface area contributed by atoms with Crippen LogP contribution >= 0.6 is 0 Å². The number of ketones is 1. The number of esters is 1. The highest BCUT2D eigenvalue weighted by Gasteiger charge is 2.15. The van der Waals surface area contributed by atoms with Gasteiger partial charge in [0.05, 0.1) is 125 Å². The third-order valence-electron chi connectivity index (χ3n) is 5.18. The molecule has 0 aromatic heterocycles. The van der Waals surface area contributed by atoms with Crippen molar-refractivity contribution in [3.05, 3.63) is 0 Å². The Morgan fingerprint density at radius 1 is 0.489 bits per heavy atom. The van der Waals surface area contributed by atoms with Gasteiger partial charge in [-0.25, -0.2) is 9.59 Å². The van der Waals surface area contributed by atoms with Crippen molar-refractivity contribution in [1.82, 2.24) is 5.32 Å². The summed E-state index contributed by atoms with van der Waals surface area (Å²) in [6.45, 7) is 13.2. The number of hydrogen-bond donors (Lipinski definition) is 2. The van der Waals surface area contributed by atoms with E-state index in [0.29, 0.717) is 119 Å². The molecule has 1 amide bonds. The van der Waals surface area contributed by atoms with E-state index in [-0.39, 0.29) is 26.1 Å². The van der Waals surface area contributed by atoms with Crippen LogP contribution in [0, 0.1) is 0 Å². The van der Waals surface area contributed by atoms with Crippen molar-refractivity contribution in [2.45, 2.75) is 39.2 Å². The number of carboxylic acid groups (broad SMARTS) is 1. The summed E-state index contributed by atoms with van der Waals surface area (Å²) in [5.74, 6) is -3.25. The van der Waals surface area contributed by atoms with Crippen molar-refractivity contribution in [2.24, 2.45) is 0 Å². The largest absolute Gasteiger partial charge is 0.476 e. The molecular weight excluding hydrogens is 630 g/mol. The minimum atomic E-state index is -1.57. The smallest absolute Gasteiger partial charge is 0.407 e. The molecular formula is C30H55NO16. The Morgan fingerprint density at radius 3 is 1.13 bits per heavy atom.